The van der Waals surface area contributed by atoms with Crippen molar-refractivity contribution in [3.05, 3.63) is 29.3 Å². The Morgan fingerprint density at radius 2 is 2.12 bits per heavy atom. The van der Waals surface area contributed by atoms with E-state index in [1.807, 2.05) is 6.92 Å². The minimum absolute atomic E-state index is 0.0326. The highest BCUT2D eigenvalue weighted by atomic mass is 19.4. The first-order chi connectivity index (χ1) is 12.1. The highest BCUT2D eigenvalue weighted by Gasteiger charge is 2.36. The molecule has 0 radical (unpaired) electrons. The van der Waals surface area contributed by atoms with Crippen molar-refractivity contribution in [3.8, 4) is 5.75 Å². The number of nitrogens with one attached hydrogen (secondary N) is 1. The van der Waals surface area contributed by atoms with E-state index < -0.39 is 17.8 Å². The second kappa shape index (κ2) is 8.16. The Labute approximate surface area is 151 Å². The van der Waals surface area contributed by atoms with Gasteiger partial charge in [-0.15, -0.1) is 0 Å². The van der Waals surface area contributed by atoms with Gasteiger partial charge in [0.1, 0.15) is 5.75 Å². The predicted molar refractivity (Wildman–Crippen MR) is 90.8 cm³/mol. The number of alkyl halides is 3. The van der Waals surface area contributed by atoms with Crippen LogP contribution in [0.2, 0.25) is 0 Å². The maximum absolute atomic E-state index is 13.3. The first kappa shape index (κ1) is 20.4. The monoisotopic (exact) mass is 374 g/mol. The van der Waals surface area contributed by atoms with Crippen LogP contribution in [0.1, 0.15) is 38.3 Å². The van der Waals surface area contributed by atoms with Crippen LogP contribution in [0.15, 0.2) is 18.2 Å². The summed E-state index contributed by atoms with van der Waals surface area (Å²) in [6.45, 7) is 5.46. The van der Waals surface area contributed by atoms with E-state index in [1.165, 1.54) is 17.0 Å². The normalized spacial score (nSPS) is 20.5. The van der Waals surface area contributed by atoms with E-state index in [0.29, 0.717) is 6.54 Å². The molecular formula is C18H25F3N2O3. The first-order valence-electron chi connectivity index (χ1n) is 8.65. The van der Waals surface area contributed by atoms with Crippen molar-refractivity contribution in [2.45, 2.75) is 52.1 Å². The van der Waals surface area contributed by atoms with Crippen molar-refractivity contribution in [2.24, 2.45) is 5.92 Å². The van der Waals surface area contributed by atoms with Crippen LogP contribution in [-0.2, 0) is 12.7 Å². The fourth-order valence-corrected chi connectivity index (χ4v) is 3.13. The molecule has 2 amide bonds. The van der Waals surface area contributed by atoms with Gasteiger partial charge in [-0.1, -0.05) is 13.0 Å². The summed E-state index contributed by atoms with van der Waals surface area (Å²) in [7, 11) is 0. The number of urea groups is 1. The third kappa shape index (κ3) is 4.81. The highest BCUT2D eigenvalue weighted by Crippen LogP contribution is 2.35. The Bertz CT molecular complexity index is 635. The maximum atomic E-state index is 13.3. The summed E-state index contributed by atoms with van der Waals surface area (Å²) in [5, 5.41) is 11.9. The van der Waals surface area contributed by atoms with Crippen LogP contribution in [-0.4, -0.2) is 41.3 Å². The van der Waals surface area contributed by atoms with Gasteiger partial charge in [-0.2, -0.15) is 13.2 Å². The van der Waals surface area contributed by atoms with Gasteiger partial charge in [0.05, 0.1) is 24.3 Å². The lowest BCUT2D eigenvalue weighted by atomic mass is 10.0. The van der Waals surface area contributed by atoms with Gasteiger partial charge < -0.3 is 20.1 Å². The number of aliphatic hydroxyl groups is 1. The molecule has 0 saturated carbocycles. The minimum atomic E-state index is -4.55. The minimum Gasteiger partial charge on any atom is -0.491 e. The average Bonchev–Trinajstić information content (AvgIpc) is 2.92. The predicted octanol–water partition coefficient (Wildman–Crippen LogP) is 3.40. The zero-order valence-electron chi connectivity index (χ0n) is 15.1. The van der Waals surface area contributed by atoms with Crippen molar-refractivity contribution < 1.29 is 27.8 Å². The summed E-state index contributed by atoms with van der Waals surface area (Å²) < 4.78 is 45.4. The molecule has 1 saturated heterocycles. The standard InChI is InChI=1S/C18H25F3N2O3/c1-11(2)26-14-5-4-13(15(8-14)18(19,20)21)9-22-17(25)23-7-6-12(3)16(23)10-24/h4-5,8,11-12,16,24H,6-7,9-10H2,1-3H3,(H,22,25). The smallest absolute Gasteiger partial charge is 0.416 e. The van der Waals surface area contributed by atoms with Crippen LogP contribution in [0.3, 0.4) is 0 Å². The summed E-state index contributed by atoms with van der Waals surface area (Å²) in [5.41, 5.74) is -0.862. The Balaban J connectivity index is 2.12. The van der Waals surface area contributed by atoms with E-state index in [1.54, 1.807) is 13.8 Å². The summed E-state index contributed by atoms with van der Waals surface area (Å²) in [6.07, 6.45) is -4.03. The summed E-state index contributed by atoms with van der Waals surface area (Å²) in [4.78, 5) is 13.8. The van der Waals surface area contributed by atoms with Gasteiger partial charge in [0.15, 0.2) is 0 Å². The zero-order valence-corrected chi connectivity index (χ0v) is 15.1. The number of hydrogen-bond donors (Lipinski definition) is 2. The third-order valence-corrected chi connectivity index (χ3v) is 4.52. The molecule has 2 unspecified atom stereocenters. The Morgan fingerprint density at radius 1 is 1.42 bits per heavy atom. The fraction of sp³-hybridized carbons (Fsp3) is 0.611. The lowest BCUT2D eigenvalue weighted by molar-refractivity contribution is -0.138. The van der Waals surface area contributed by atoms with E-state index in [2.05, 4.69) is 5.32 Å². The molecular weight excluding hydrogens is 349 g/mol. The summed E-state index contributed by atoms with van der Waals surface area (Å²) in [6, 6.07) is 2.96. The molecule has 8 heteroatoms. The number of benzene rings is 1. The number of carbonyl (C=O) groups excluding carboxylic acids is 1. The fourth-order valence-electron chi connectivity index (χ4n) is 3.13. The molecule has 26 heavy (non-hydrogen) atoms. The highest BCUT2D eigenvalue weighted by molar-refractivity contribution is 5.75. The number of halogens is 3. The SMILES string of the molecule is CC(C)Oc1ccc(CNC(=O)N2CCC(C)C2CO)c(C(F)(F)F)c1. The maximum Gasteiger partial charge on any atom is 0.416 e. The van der Waals surface area contributed by atoms with E-state index in [9.17, 15) is 23.1 Å². The Morgan fingerprint density at radius 3 is 2.69 bits per heavy atom. The van der Waals surface area contributed by atoms with E-state index in [0.717, 1.165) is 12.5 Å². The quantitative estimate of drug-likeness (QED) is 0.830. The van der Waals surface area contributed by atoms with E-state index in [-0.39, 0.29) is 42.5 Å². The Kier molecular flexibility index (Phi) is 6.39. The van der Waals surface area contributed by atoms with E-state index in [4.69, 9.17) is 4.74 Å². The molecule has 0 aliphatic carbocycles. The molecule has 1 aromatic carbocycles. The molecule has 1 aromatic rings. The van der Waals surface area contributed by atoms with Crippen LogP contribution in [0, 0.1) is 5.92 Å². The third-order valence-electron chi connectivity index (χ3n) is 4.52. The molecule has 1 heterocycles. The number of amides is 2. The van der Waals surface area contributed by atoms with Crippen LogP contribution >= 0.6 is 0 Å². The number of nitrogens with zero attached hydrogens (tertiary/aromatic N) is 1. The molecule has 0 aromatic heterocycles. The van der Waals surface area contributed by atoms with Crippen molar-refractivity contribution >= 4 is 6.03 Å². The van der Waals surface area contributed by atoms with Crippen LogP contribution < -0.4 is 10.1 Å². The van der Waals surface area contributed by atoms with Crippen molar-refractivity contribution in [2.75, 3.05) is 13.2 Å². The van der Waals surface area contributed by atoms with Crippen LogP contribution in [0.5, 0.6) is 5.75 Å². The second-order valence-electron chi connectivity index (χ2n) is 6.85. The molecule has 0 spiro atoms. The van der Waals surface area contributed by atoms with Gasteiger partial charge in [0, 0.05) is 13.1 Å². The first-order valence-corrected chi connectivity index (χ1v) is 8.65. The number of carbonyl (C=O) groups is 1. The molecule has 2 rings (SSSR count). The van der Waals surface area contributed by atoms with Gasteiger partial charge >= 0.3 is 12.2 Å². The van der Waals surface area contributed by atoms with Crippen molar-refractivity contribution in [3.63, 3.8) is 0 Å². The van der Waals surface area contributed by atoms with Gasteiger partial charge in [0.2, 0.25) is 0 Å². The van der Waals surface area contributed by atoms with E-state index >= 15 is 0 Å². The zero-order chi connectivity index (χ0) is 19.5. The molecule has 1 aliphatic heterocycles. The van der Waals surface area contributed by atoms with Crippen LogP contribution in [0.25, 0.3) is 0 Å². The number of ether oxygens (including phenoxy) is 1. The number of aliphatic hydroxyl groups excluding tert-OH is 1. The molecule has 146 valence electrons. The number of hydrogen-bond acceptors (Lipinski definition) is 3. The molecule has 2 atom stereocenters. The largest absolute Gasteiger partial charge is 0.491 e. The number of likely N-dealkylation sites (tertiary alicyclic amines) is 1. The Hall–Kier alpha value is -1.96. The van der Waals surface area contributed by atoms with Gasteiger partial charge in [-0.05, 0) is 43.9 Å². The number of rotatable bonds is 5. The van der Waals surface area contributed by atoms with Crippen LogP contribution in [0.4, 0.5) is 18.0 Å². The molecule has 2 N–H and O–H groups in total. The topological polar surface area (TPSA) is 61.8 Å². The molecule has 1 aliphatic rings. The molecule has 0 bridgehead atoms. The van der Waals surface area contributed by atoms with Gasteiger partial charge in [0.25, 0.3) is 0 Å². The second-order valence-corrected chi connectivity index (χ2v) is 6.85. The van der Waals surface area contributed by atoms with Crippen molar-refractivity contribution in [1.82, 2.24) is 10.2 Å². The van der Waals surface area contributed by atoms with Gasteiger partial charge in [-0.3, -0.25) is 0 Å². The van der Waals surface area contributed by atoms with Gasteiger partial charge in [-0.25, -0.2) is 4.79 Å². The molecule has 5 nitrogen and oxygen atoms in total. The molecule has 1 fully saturated rings. The van der Waals surface area contributed by atoms with Crippen molar-refractivity contribution in [1.29, 1.82) is 0 Å². The summed E-state index contributed by atoms with van der Waals surface area (Å²) in [5.74, 6) is 0.292. The average molecular weight is 374 g/mol. The summed E-state index contributed by atoms with van der Waals surface area (Å²) >= 11 is 0. The lowest BCUT2D eigenvalue weighted by Crippen LogP contribution is -2.45. The lowest BCUT2D eigenvalue weighted by Gasteiger charge is -2.25.